The van der Waals surface area contributed by atoms with Gasteiger partial charge in [-0.25, -0.2) is 0 Å². The van der Waals surface area contributed by atoms with Crippen LogP contribution in [0.25, 0.3) is 0 Å². The molecule has 0 aliphatic heterocycles. The molecule has 0 aromatic heterocycles. The van der Waals surface area contributed by atoms with Crippen LogP contribution in [0.2, 0.25) is 0 Å². The molecule has 30 heavy (non-hydrogen) atoms. The molecule has 1 aliphatic carbocycles. The molecule has 0 amide bonds. The first kappa shape index (κ1) is 24.1. The normalized spacial score (nSPS) is 22.0. The van der Waals surface area contributed by atoms with Crippen LogP contribution in [-0.4, -0.2) is 43.1 Å². The number of methoxy groups -OCH3 is 1. The van der Waals surface area contributed by atoms with Gasteiger partial charge in [0.05, 0.1) is 18.3 Å². The van der Waals surface area contributed by atoms with Crippen LogP contribution in [0.1, 0.15) is 51.9 Å². The largest absolute Gasteiger partial charge is 0.491 e. The fraction of sp³-hybridized carbons (Fsp3) is 0.480. The average Bonchev–Trinajstić information content (AvgIpc) is 2.67. The molecular weight excluding hydrogens is 380 g/mol. The number of allylic oxidation sites excluding steroid dienone is 2. The van der Waals surface area contributed by atoms with Crippen LogP contribution in [0.4, 0.5) is 0 Å². The number of hydrogen-bond acceptors (Lipinski definition) is 5. The van der Waals surface area contributed by atoms with Crippen LogP contribution in [0, 0.1) is 0 Å². The Morgan fingerprint density at radius 2 is 1.67 bits per heavy atom. The van der Waals surface area contributed by atoms with Crippen LogP contribution < -0.4 is 0 Å². The standard InChI is InChI=1S/C25H34O5/c1-17(2)28-22-15-21(13-14-23(26)20-11-9-8-10-12-20)24(29-18(3)4)25(16-22,27-7)30-19(5)6/h8-19,24H,1-7H3/b14-13+. The predicted octanol–water partition coefficient (Wildman–Crippen LogP) is 5.24. The van der Waals surface area contributed by atoms with Crippen LogP contribution in [-0.2, 0) is 18.9 Å². The van der Waals surface area contributed by atoms with Gasteiger partial charge < -0.3 is 18.9 Å². The van der Waals surface area contributed by atoms with E-state index in [1.54, 1.807) is 31.4 Å². The molecule has 164 valence electrons. The molecule has 1 aliphatic rings. The molecule has 1 aromatic rings. The molecule has 5 nitrogen and oxygen atoms in total. The Bertz CT molecular complexity index is 789. The van der Waals surface area contributed by atoms with Gasteiger partial charge in [-0.3, -0.25) is 4.79 Å². The molecule has 2 atom stereocenters. The Morgan fingerprint density at radius 1 is 1.00 bits per heavy atom. The van der Waals surface area contributed by atoms with Gasteiger partial charge in [-0.05, 0) is 59.3 Å². The molecule has 0 N–H and O–H groups in total. The predicted molar refractivity (Wildman–Crippen MR) is 118 cm³/mol. The van der Waals surface area contributed by atoms with Crippen molar-refractivity contribution < 1.29 is 23.7 Å². The second kappa shape index (κ2) is 10.7. The van der Waals surface area contributed by atoms with Crippen molar-refractivity contribution in [3.05, 3.63) is 71.5 Å². The summed E-state index contributed by atoms with van der Waals surface area (Å²) in [5.41, 5.74) is 1.37. The molecular formula is C25H34O5. The number of carbonyl (C=O) groups is 1. The second-order valence-corrected chi connectivity index (χ2v) is 8.08. The van der Waals surface area contributed by atoms with E-state index in [0.29, 0.717) is 11.3 Å². The molecule has 2 rings (SSSR count). The van der Waals surface area contributed by atoms with Crippen molar-refractivity contribution in [1.82, 2.24) is 0 Å². The molecule has 0 radical (unpaired) electrons. The van der Waals surface area contributed by atoms with Gasteiger partial charge in [0.15, 0.2) is 5.78 Å². The van der Waals surface area contributed by atoms with E-state index in [9.17, 15) is 4.79 Å². The van der Waals surface area contributed by atoms with E-state index in [4.69, 9.17) is 18.9 Å². The van der Waals surface area contributed by atoms with Crippen molar-refractivity contribution in [2.24, 2.45) is 0 Å². The monoisotopic (exact) mass is 414 g/mol. The number of carbonyl (C=O) groups excluding carboxylic acids is 1. The van der Waals surface area contributed by atoms with E-state index >= 15 is 0 Å². The summed E-state index contributed by atoms with van der Waals surface area (Å²) in [5.74, 6) is -0.649. The zero-order valence-electron chi connectivity index (χ0n) is 19.0. The summed E-state index contributed by atoms with van der Waals surface area (Å²) < 4.78 is 24.3. The highest BCUT2D eigenvalue weighted by molar-refractivity contribution is 6.04. The molecule has 1 aromatic carbocycles. The number of benzene rings is 1. The van der Waals surface area contributed by atoms with Gasteiger partial charge >= 0.3 is 0 Å². The van der Waals surface area contributed by atoms with Gasteiger partial charge in [0.2, 0.25) is 5.79 Å². The minimum atomic E-state index is -1.17. The SMILES string of the molecule is COC1(OC(C)C)C=C(OC(C)C)C=C(/C=C/C(=O)c2ccccc2)C1OC(C)C. The Kier molecular flexibility index (Phi) is 8.59. The van der Waals surface area contributed by atoms with E-state index in [2.05, 4.69) is 0 Å². The Balaban J connectivity index is 2.48. The first-order chi connectivity index (χ1) is 14.2. The van der Waals surface area contributed by atoms with Crippen molar-refractivity contribution >= 4 is 5.78 Å². The summed E-state index contributed by atoms with van der Waals surface area (Å²) in [7, 11) is 1.59. The first-order valence-corrected chi connectivity index (χ1v) is 10.4. The van der Waals surface area contributed by atoms with Crippen molar-refractivity contribution in [2.75, 3.05) is 7.11 Å². The molecule has 0 spiro atoms. The summed E-state index contributed by atoms with van der Waals surface area (Å²) >= 11 is 0. The van der Waals surface area contributed by atoms with Gasteiger partial charge in [-0.1, -0.05) is 36.4 Å². The van der Waals surface area contributed by atoms with E-state index in [0.717, 1.165) is 5.57 Å². The maximum atomic E-state index is 12.6. The topological polar surface area (TPSA) is 54.0 Å². The van der Waals surface area contributed by atoms with E-state index < -0.39 is 11.9 Å². The van der Waals surface area contributed by atoms with Crippen LogP contribution in [0.5, 0.6) is 0 Å². The maximum absolute atomic E-state index is 12.6. The fourth-order valence-corrected chi connectivity index (χ4v) is 3.26. The minimum Gasteiger partial charge on any atom is -0.491 e. The highest BCUT2D eigenvalue weighted by Gasteiger charge is 2.45. The molecule has 0 saturated heterocycles. The Hall–Kier alpha value is -2.21. The zero-order valence-corrected chi connectivity index (χ0v) is 19.0. The van der Waals surface area contributed by atoms with Gasteiger partial charge in [0.25, 0.3) is 0 Å². The number of rotatable bonds is 10. The highest BCUT2D eigenvalue weighted by Crippen LogP contribution is 2.36. The van der Waals surface area contributed by atoms with Crippen LogP contribution >= 0.6 is 0 Å². The first-order valence-electron chi connectivity index (χ1n) is 10.4. The van der Waals surface area contributed by atoms with Crippen molar-refractivity contribution in [3.8, 4) is 0 Å². The molecule has 0 saturated carbocycles. The molecule has 2 unspecified atom stereocenters. The fourth-order valence-electron chi connectivity index (χ4n) is 3.26. The highest BCUT2D eigenvalue weighted by atomic mass is 16.7. The Labute approximate surface area is 180 Å². The van der Waals surface area contributed by atoms with Gasteiger partial charge in [-0.15, -0.1) is 0 Å². The lowest BCUT2D eigenvalue weighted by molar-refractivity contribution is -0.263. The summed E-state index contributed by atoms with van der Waals surface area (Å²) in [5, 5.41) is 0. The molecule has 5 heteroatoms. The third kappa shape index (κ3) is 6.39. The lowest BCUT2D eigenvalue weighted by Gasteiger charge is -2.42. The smallest absolute Gasteiger partial charge is 0.223 e. The van der Waals surface area contributed by atoms with Crippen molar-refractivity contribution in [1.29, 1.82) is 0 Å². The second-order valence-electron chi connectivity index (χ2n) is 8.08. The average molecular weight is 415 g/mol. The number of hydrogen-bond donors (Lipinski definition) is 0. The zero-order chi connectivity index (χ0) is 22.3. The Morgan fingerprint density at radius 3 is 2.20 bits per heavy atom. The van der Waals surface area contributed by atoms with Gasteiger partial charge in [-0.2, -0.15) is 0 Å². The quantitative estimate of drug-likeness (QED) is 0.298. The molecule has 0 fully saturated rings. The summed E-state index contributed by atoms with van der Waals surface area (Å²) in [4.78, 5) is 12.6. The molecule has 0 heterocycles. The van der Waals surface area contributed by atoms with Gasteiger partial charge in [0, 0.05) is 18.7 Å². The third-order valence-corrected chi connectivity index (χ3v) is 4.33. The number of ether oxygens (including phenoxy) is 4. The lowest BCUT2D eigenvalue weighted by atomic mass is 9.92. The third-order valence-electron chi connectivity index (χ3n) is 4.33. The van der Waals surface area contributed by atoms with Gasteiger partial charge in [0.1, 0.15) is 11.9 Å². The number of ketones is 1. The van der Waals surface area contributed by atoms with Crippen LogP contribution in [0.3, 0.4) is 0 Å². The van der Waals surface area contributed by atoms with E-state index in [1.807, 2.05) is 71.9 Å². The van der Waals surface area contributed by atoms with E-state index in [1.165, 1.54) is 0 Å². The van der Waals surface area contributed by atoms with Crippen LogP contribution in [0.15, 0.2) is 66.0 Å². The van der Waals surface area contributed by atoms with Crippen molar-refractivity contribution in [2.45, 2.75) is 71.7 Å². The summed E-state index contributed by atoms with van der Waals surface area (Å²) in [6.07, 6.45) is 6.21. The summed E-state index contributed by atoms with van der Waals surface area (Å²) in [6, 6.07) is 9.15. The summed E-state index contributed by atoms with van der Waals surface area (Å²) in [6.45, 7) is 11.7. The molecule has 0 bridgehead atoms. The van der Waals surface area contributed by atoms with E-state index in [-0.39, 0.29) is 24.1 Å². The van der Waals surface area contributed by atoms with Crippen molar-refractivity contribution in [3.63, 3.8) is 0 Å². The minimum absolute atomic E-state index is 0.0279. The maximum Gasteiger partial charge on any atom is 0.223 e. The lowest BCUT2D eigenvalue weighted by Crippen LogP contribution is -2.51.